The van der Waals surface area contributed by atoms with E-state index in [-0.39, 0.29) is 0 Å². The predicted octanol–water partition coefficient (Wildman–Crippen LogP) is 2.43. The van der Waals surface area contributed by atoms with E-state index < -0.39 is 0 Å². The summed E-state index contributed by atoms with van der Waals surface area (Å²) in [5.74, 6) is 2.10. The summed E-state index contributed by atoms with van der Waals surface area (Å²) in [5, 5.41) is 8.95. The number of thiophene rings is 1. The van der Waals surface area contributed by atoms with Crippen molar-refractivity contribution in [3.05, 3.63) is 22.4 Å². The van der Waals surface area contributed by atoms with Gasteiger partial charge in [-0.2, -0.15) is 11.8 Å². The Bertz CT molecular complexity index is 461. The lowest BCUT2D eigenvalue weighted by Crippen LogP contribution is -2.41. The first-order chi connectivity index (χ1) is 11.8. The second kappa shape index (κ2) is 11.7. The molecule has 1 unspecified atom stereocenters. The van der Waals surface area contributed by atoms with Crippen LogP contribution in [0.2, 0.25) is 0 Å². The van der Waals surface area contributed by atoms with Gasteiger partial charge in [-0.25, -0.2) is 0 Å². The van der Waals surface area contributed by atoms with Crippen LogP contribution in [0.25, 0.3) is 0 Å². The molecule has 1 atom stereocenters. The summed E-state index contributed by atoms with van der Waals surface area (Å²) >= 11 is 3.70. The van der Waals surface area contributed by atoms with Crippen molar-refractivity contribution in [2.24, 2.45) is 4.99 Å². The monoisotopic (exact) mass is 370 g/mol. The number of hydrogen-bond donors (Lipinski definition) is 2. The highest BCUT2D eigenvalue weighted by atomic mass is 32.2. The molecule has 0 radical (unpaired) electrons. The molecule has 0 spiro atoms. The molecule has 0 aliphatic carbocycles. The van der Waals surface area contributed by atoms with E-state index in [0.717, 1.165) is 58.3 Å². The molecule has 2 N–H and O–H groups in total. The van der Waals surface area contributed by atoms with Gasteiger partial charge in [-0.3, -0.25) is 9.89 Å². The van der Waals surface area contributed by atoms with Crippen molar-refractivity contribution in [3.8, 4) is 0 Å². The molecular weight excluding hydrogens is 340 g/mol. The lowest BCUT2D eigenvalue weighted by Gasteiger charge is -2.33. The number of nitrogens with one attached hydrogen (secondary N) is 2. The Morgan fingerprint density at radius 1 is 1.42 bits per heavy atom. The molecular formula is C17H30N4OS2. The number of rotatable bonds is 9. The molecule has 24 heavy (non-hydrogen) atoms. The smallest absolute Gasteiger partial charge is 0.191 e. The minimum Gasteiger partial charge on any atom is -0.379 e. The summed E-state index contributed by atoms with van der Waals surface area (Å²) in [4.78, 5) is 8.74. The van der Waals surface area contributed by atoms with Crippen molar-refractivity contribution in [1.82, 2.24) is 15.5 Å². The SMILES string of the molecule is CCNC(=NCC(c1cccs1)N1CCOCC1)NCCCSC. The molecule has 1 aromatic rings. The van der Waals surface area contributed by atoms with Crippen LogP contribution in [0.15, 0.2) is 22.5 Å². The Kier molecular flexibility index (Phi) is 9.57. The molecule has 2 rings (SSSR count). The van der Waals surface area contributed by atoms with Crippen molar-refractivity contribution >= 4 is 29.1 Å². The van der Waals surface area contributed by atoms with Crippen molar-refractivity contribution in [2.45, 2.75) is 19.4 Å². The topological polar surface area (TPSA) is 48.9 Å². The fraction of sp³-hybridized carbons (Fsp3) is 0.706. The molecule has 7 heteroatoms. The first-order valence-electron chi connectivity index (χ1n) is 8.71. The van der Waals surface area contributed by atoms with Crippen LogP contribution in [0.5, 0.6) is 0 Å². The summed E-state index contributed by atoms with van der Waals surface area (Å²) in [6.45, 7) is 8.34. The first-order valence-corrected chi connectivity index (χ1v) is 11.0. The Hall–Kier alpha value is -0.760. The minimum atomic E-state index is 0.343. The van der Waals surface area contributed by atoms with Crippen LogP contribution in [0.1, 0.15) is 24.3 Å². The van der Waals surface area contributed by atoms with Gasteiger partial charge in [0.1, 0.15) is 0 Å². The van der Waals surface area contributed by atoms with Crippen LogP contribution >= 0.6 is 23.1 Å². The van der Waals surface area contributed by atoms with E-state index in [1.807, 2.05) is 23.1 Å². The van der Waals surface area contributed by atoms with Crippen molar-refractivity contribution in [2.75, 3.05) is 57.9 Å². The Balaban J connectivity index is 1.97. The molecule has 136 valence electrons. The zero-order valence-electron chi connectivity index (χ0n) is 14.8. The largest absolute Gasteiger partial charge is 0.379 e. The summed E-state index contributed by atoms with van der Waals surface area (Å²) in [7, 11) is 0. The maximum absolute atomic E-state index is 5.51. The van der Waals surface area contributed by atoms with Crippen molar-refractivity contribution in [3.63, 3.8) is 0 Å². The summed E-state index contributed by atoms with van der Waals surface area (Å²) < 4.78 is 5.51. The Morgan fingerprint density at radius 2 is 2.25 bits per heavy atom. The molecule has 0 bridgehead atoms. The maximum Gasteiger partial charge on any atom is 0.191 e. The quantitative estimate of drug-likeness (QED) is 0.397. The fourth-order valence-corrected chi connectivity index (χ4v) is 3.98. The van der Waals surface area contributed by atoms with Crippen LogP contribution in [0, 0.1) is 0 Å². The zero-order valence-corrected chi connectivity index (χ0v) is 16.4. The number of hydrogen-bond acceptors (Lipinski definition) is 5. The van der Waals surface area contributed by atoms with Gasteiger partial charge in [0.05, 0.1) is 25.8 Å². The molecule has 2 heterocycles. The maximum atomic E-state index is 5.51. The first kappa shape index (κ1) is 19.6. The average molecular weight is 371 g/mol. The predicted molar refractivity (Wildman–Crippen MR) is 106 cm³/mol. The van der Waals surface area contributed by atoms with Gasteiger partial charge in [0.2, 0.25) is 0 Å². The van der Waals surface area contributed by atoms with Gasteiger partial charge in [0, 0.05) is 31.1 Å². The average Bonchev–Trinajstić information content (AvgIpc) is 3.14. The van der Waals surface area contributed by atoms with Gasteiger partial charge >= 0.3 is 0 Å². The standard InChI is InChI=1S/C17H30N4OS2/c1-3-18-17(19-7-5-12-23-2)20-14-15(16-6-4-13-24-16)21-8-10-22-11-9-21/h4,6,13,15H,3,5,7-12,14H2,1-2H3,(H2,18,19,20). The molecule has 1 aliphatic rings. The van der Waals surface area contributed by atoms with Crippen LogP contribution in [0.3, 0.4) is 0 Å². The lowest BCUT2D eigenvalue weighted by molar-refractivity contribution is 0.0186. The summed E-state index contributed by atoms with van der Waals surface area (Å²) in [6, 6.07) is 4.69. The van der Waals surface area contributed by atoms with E-state index in [9.17, 15) is 0 Å². The number of morpholine rings is 1. The van der Waals surface area contributed by atoms with E-state index in [2.05, 4.69) is 46.2 Å². The number of thioether (sulfide) groups is 1. The Morgan fingerprint density at radius 3 is 2.92 bits per heavy atom. The molecule has 0 amide bonds. The third-order valence-corrected chi connectivity index (χ3v) is 5.61. The van der Waals surface area contributed by atoms with Gasteiger partial charge < -0.3 is 15.4 Å². The second-order valence-electron chi connectivity index (χ2n) is 5.67. The van der Waals surface area contributed by atoms with E-state index in [0.29, 0.717) is 6.04 Å². The highest BCUT2D eigenvalue weighted by Crippen LogP contribution is 2.26. The zero-order chi connectivity index (χ0) is 17.0. The van der Waals surface area contributed by atoms with E-state index in [4.69, 9.17) is 9.73 Å². The number of nitrogens with zero attached hydrogens (tertiary/aromatic N) is 2. The normalized spacial score (nSPS) is 17.7. The highest BCUT2D eigenvalue weighted by molar-refractivity contribution is 7.98. The third-order valence-electron chi connectivity index (χ3n) is 3.94. The minimum absolute atomic E-state index is 0.343. The fourth-order valence-electron chi connectivity index (χ4n) is 2.70. The van der Waals surface area contributed by atoms with E-state index in [1.165, 1.54) is 10.6 Å². The van der Waals surface area contributed by atoms with Crippen LogP contribution in [-0.2, 0) is 4.74 Å². The van der Waals surface area contributed by atoms with Crippen LogP contribution in [-0.4, -0.2) is 68.8 Å². The molecule has 1 aliphatic heterocycles. The third kappa shape index (κ3) is 6.63. The second-order valence-corrected chi connectivity index (χ2v) is 7.64. The van der Waals surface area contributed by atoms with Crippen LogP contribution in [0.4, 0.5) is 0 Å². The molecule has 1 fully saturated rings. The lowest BCUT2D eigenvalue weighted by atomic mass is 10.2. The molecule has 5 nitrogen and oxygen atoms in total. The molecule has 0 aromatic carbocycles. The summed E-state index contributed by atoms with van der Waals surface area (Å²) in [5.41, 5.74) is 0. The number of aliphatic imine (C=N–C) groups is 1. The van der Waals surface area contributed by atoms with Crippen molar-refractivity contribution in [1.29, 1.82) is 0 Å². The van der Waals surface area contributed by atoms with Gasteiger partial charge in [-0.1, -0.05) is 6.07 Å². The van der Waals surface area contributed by atoms with Gasteiger partial charge in [0.25, 0.3) is 0 Å². The highest BCUT2D eigenvalue weighted by Gasteiger charge is 2.23. The Labute approximate surface area is 154 Å². The van der Waals surface area contributed by atoms with Crippen molar-refractivity contribution < 1.29 is 4.74 Å². The van der Waals surface area contributed by atoms with E-state index in [1.54, 1.807) is 0 Å². The number of ether oxygens (including phenoxy) is 1. The summed E-state index contributed by atoms with van der Waals surface area (Å²) in [6.07, 6.45) is 3.30. The molecule has 0 saturated carbocycles. The van der Waals surface area contributed by atoms with Gasteiger partial charge in [0.15, 0.2) is 5.96 Å². The van der Waals surface area contributed by atoms with Gasteiger partial charge in [-0.15, -0.1) is 11.3 Å². The van der Waals surface area contributed by atoms with Gasteiger partial charge in [-0.05, 0) is 36.8 Å². The molecule has 1 saturated heterocycles. The van der Waals surface area contributed by atoms with E-state index >= 15 is 0 Å². The number of guanidine groups is 1. The molecule has 1 aromatic heterocycles. The van der Waals surface area contributed by atoms with Crippen LogP contribution < -0.4 is 10.6 Å².